The maximum absolute atomic E-state index is 11.2. The maximum atomic E-state index is 11.2. The van der Waals surface area contributed by atoms with Crippen molar-refractivity contribution in [2.75, 3.05) is 7.11 Å². The monoisotopic (exact) mass is 284 g/mol. The topological polar surface area (TPSA) is 35.5 Å². The normalized spacial score (nSPS) is 12.4. The van der Waals surface area contributed by atoms with Gasteiger partial charge in [0.05, 0.1) is 13.5 Å². The van der Waals surface area contributed by atoms with Crippen molar-refractivity contribution in [2.24, 2.45) is 0 Å². The number of halogens is 1. The standard InChI is InChI=1S/C15H21ClO3/c1-9(2)12-8-13(16)10(3)6-14(12)19-11(4)7-15(17)18-5/h6,8-9,11H,7H2,1-5H3. The van der Waals surface area contributed by atoms with Gasteiger partial charge in [-0.3, -0.25) is 4.79 Å². The van der Waals surface area contributed by atoms with Crippen LogP contribution in [-0.4, -0.2) is 19.2 Å². The van der Waals surface area contributed by atoms with Gasteiger partial charge in [-0.05, 0) is 43.0 Å². The van der Waals surface area contributed by atoms with Crippen molar-refractivity contribution in [3.05, 3.63) is 28.3 Å². The molecule has 1 aromatic rings. The third-order valence-corrected chi connectivity index (χ3v) is 3.33. The zero-order chi connectivity index (χ0) is 14.6. The molecule has 0 fully saturated rings. The molecule has 0 aliphatic rings. The molecule has 1 atom stereocenters. The summed E-state index contributed by atoms with van der Waals surface area (Å²) >= 11 is 6.14. The summed E-state index contributed by atoms with van der Waals surface area (Å²) < 4.78 is 10.5. The quantitative estimate of drug-likeness (QED) is 0.764. The maximum Gasteiger partial charge on any atom is 0.309 e. The Kier molecular flexibility index (Phi) is 5.67. The van der Waals surface area contributed by atoms with Gasteiger partial charge in [-0.15, -0.1) is 0 Å². The molecule has 0 aromatic heterocycles. The fraction of sp³-hybridized carbons (Fsp3) is 0.533. The number of methoxy groups -OCH3 is 1. The summed E-state index contributed by atoms with van der Waals surface area (Å²) in [5.74, 6) is 0.816. The molecule has 0 radical (unpaired) electrons. The third-order valence-electron chi connectivity index (χ3n) is 2.92. The van der Waals surface area contributed by atoms with E-state index in [-0.39, 0.29) is 18.5 Å². The number of carbonyl (C=O) groups excluding carboxylic acids is 1. The van der Waals surface area contributed by atoms with Crippen LogP contribution in [0.25, 0.3) is 0 Å². The van der Waals surface area contributed by atoms with E-state index in [0.717, 1.165) is 21.9 Å². The van der Waals surface area contributed by atoms with E-state index in [4.69, 9.17) is 16.3 Å². The van der Waals surface area contributed by atoms with Crippen molar-refractivity contribution >= 4 is 17.6 Å². The van der Waals surface area contributed by atoms with E-state index >= 15 is 0 Å². The summed E-state index contributed by atoms with van der Waals surface area (Å²) in [5, 5.41) is 0.733. The second-order valence-corrected chi connectivity index (χ2v) is 5.41. The van der Waals surface area contributed by atoms with E-state index in [1.165, 1.54) is 7.11 Å². The van der Waals surface area contributed by atoms with Gasteiger partial charge in [-0.1, -0.05) is 25.4 Å². The van der Waals surface area contributed by atoms with Gasteiger partial charge in [-0.25, -0.2) is 0 Å². The van der Waals surface area contributed by atoms with Crippen molar-refractivity contribution in [2.45, 2.75) is 46.1 Å². The number of hydrogen-bond acceptors (Lipinski definition) is 3. The van der Waals surface area contributed by atoms with E-state index in [0.29, 0.717) is 5.92 Å². The van der Waals surface area contributed by atoms with Crippen LogP contribution in [0.2, 0.25) is 5.02 Å². The highest BCUT2D eigenvalue weighted by Crippen LogP contribution is 2.32. The average Bonchev–Trinajstić information content (AvgIpc) is 2.32. The molecule has 4 heteroatoms. The Morgan fingerprint density at radius 1 is 1.32 bits per heavy atom. The van der Waals surface area contributed by atoms with E-state index in [2.05, 4.69) is 18.6 Å². The first-order chi connectivity index (χ1) is 8.85. The van der Waals surface area contributed by atoms with E-state index < -0.39 is 0 Å². The molecule has 0 spiro atoms. The Balaban J connectivity index is 2.93. The third kappa shape index (κ3) is 4.43. The summed E-state index contributed by atoms with van der Waals surface area (Å²) in [6.45, 7) is 7.95. The highest BCUT2D eigenvalue weighted by Gasteiger charge is 2.16. The Morgan fingerprint density at radius 2 is 1.95 bits per heavy atom. The zero-order valence-corrected chi connectivity index (χ0v) is 12.9. The number of carbonyl (C=O) groups is 1. The molecule has 1 unspecified atom stereocenters. The van der Waals surface area contributed by atoms with Crippen molar-refractivity contribution in [1.82, 2.24) is 0 Å². The van der Waals surface area contributed by atoms with Crippen LogP contribution in [0.1, 0.15) is 44.2 Å². The molecule has 106 valence electrons. The van der Waals surface area contributed by atoms with Crippen molar-refractivity contribution in [1.29, 1.82) is 0 Å². The first-order valence-corrected chi connectivity index (χ1v) is 6.76. The van der Waals surface area contributed by atoms with Crippen LogP contribution in [-0.2, 0) is 9.53 Å². The molecular weight excluding hydrogens is 264 g/mol. The molecule has 3 nitrogen and oxygen atoms in total. The number of hydrogen-bond donors (Lipinski definition) is 0. The SMILES string of the molecule is COC(=O)CC(C)Oc1cc(C)c(Cl)cc1C(C)C. The first-order valence-electron chi connectivity index (χ1n) is 6.38. The minimum Gasteiger partial charge on any atom is -0.490 e. The van der Waals surface area contributed by atoms with Crippen LogP contribution in [0.5, 0.6) is 5.75 Å². The Morgan fingerprint density at radius 3 is 2.47 bits per heavy atom. The van der Waals surface area contributed by atoms with Gasteiger partial charge in [0.15, 0.2) is 0 Å². The van der Waals surface area contributed by atoms with Gasteiger partial charge in [0, 0.05) is 5.02 Å². The summed E-state index contributed by atoms with van der Waals surface area (Å²) in [5.41, 5.74) is 2.01. The Labute approximate surface area is 119 Å². The number of rotatable bonds is 5. The van der Waals surface area contributed by atoms with Crippen LogP contribution < -0.4 is 4.74 Å². The predicted octanol–water partition coefficient (Wildman–Crippen LogP) is 4.10. The molecule has 0 N–H and O–H groups in total. The molecule has 0 bridgehead atoms. The second kappa shape index (κ2) is 6.80. The Bertz CT molecular complexity index is 455. The molecule has 1 aromatic carbocycles. The molecular formula is C15H21ClO3. The van der Waals surface area contributed by atoms with E-state index in [1.807, 2.05) is 26.0 Å². The molecule has 0 saturated heterocycles. The van der Waals surface area contributed by atoms with Gasteiger partial charge < -0.3 is 9.47 Å². The largest absolute Gasteiger partial charge is 0.490 e. The van der Waals surface area contributed by atoms with Gasteiger partial charge in [0.25, 0.3) is 0 Å². The molecule has 0 aliphatic carbocycles. The summed E-state index contributed by atoms with van der Waals surface area (Å²) in [7, 11) is 1.38. The van der Waals surface area contributed by atoms with Crippen LogP contribution in [0.15, 0.2) is 12.1 Å². The lowest BCUT2D eigenvalue weighted by atomic mass is 10.0. The molecule has 0 aliphatic heterocycles. The lowest BCUT2D eigenvalue weighted by Crippen LogP contribution is -2.18. The average molecular weight is 285 g/mol. The lowest BCUT2D eigenvalue weighted by molar-refractivity contribution is -0.142. The van der Waals surface area contributed by atoms with Crippen LogP contribution in [0.4, 0.5) is 0 Å². The first kappa shape index (κ1) is 15.8. The summed E-state index contributed by atoms with van der Waals surface area (Å²) in [4.78, 5) is 11.2. The lowest BCUT2D eigenvalue weighted by Gasteiger charge is -2.19. The molecule has 1 rings (SSSR count). The van der Waals surface area contributed by atoms with Gasteiger partial charge in [0.2, 0.25) is 0 Å². The van der Waals surface area contributed by atoms with Crippen LogP contribution in [0.3, 0.4) is 0 Å². The summed E-state index contributed by atoms with van der Waals surface area (Å²) in [6.07, 6.45) is 0.000860. The number of aryl methyl sites for hydroxylation is 1. The van der Waals surface area contributed by atoms with E-state index in [1.54, 1.807) is 0 Å². The second-order valence-electron chi connectivity index (χ2n) is 5.00. The van der Waals surface area contributed by atoms with Crippen LogP contribution >= 0.6 is 11.6 Å². The van der Waals surface area contributed by atoms with Crippen molar-refractivity contribution < 1.29 is 14.3 Å². The highest BCUT2D eigenvalue weighted by molar-refractivity contribution is 6.31. The van der Waals surface area contributed by atoms with Gasteiger partial charge in [-0.2, -0.15) is 0 Å². The molecule has 0 amide bonds. The van der Waals surface area contributed by atoms with Crippen molar-refractivity contribution in [3.63, 3.8) is 0 Å². The number of esters is 1. The minimum absolute atomic E-state index is 0.231. The van der Waals surface area contributed by atoms with E-state index in [9.17, 15) is 4.79 Å². The fourth-order valence-corrected chi connectivity index (χ4v) is 1.97. The Hall–Kier alpha value is -1.22. The number of benzene rings is 1. The summed E-state index contributed by atoms with van der Waals surface area (Å²) in [6, 6.07) is 3.85. The molecule has 0 heterocycles. The molecule has 0 saturated carbocycles. The number of ether oxygens (including phenoxy) is 2. The zero-order valence-electron chi connectivity index (χ0n) is 12.1. The van der Waals surface area contributed by atoms with Gasteiger partial charge >= 0.3 is 5.97 Å². The fourth-order valence-electron chi connectivity index (χ4n) is 1.80. The smallest absolute Gasteiger partial charge is 0.309 e. The highest BCUT2D eigenvalue weighted by atomic mass is 35.5. The molecule has 19 heavy (non-hydrogen) atoms. The predicted molar refractivity (Wildman–Crippen MR) is 77.0 cm³/mol. The van der Waals surface area contributed by atoms with Crippen molar-refractivity contribution in [3.8, 4) is 5.75 Å². The minimum atomic E-state index is -0.274. The van der Waals surface area contributed by atoms with Crippen LogP contribution in [0, 0.1) is 6.92 Å². The van der Waals surface area contributed by atoms with Gasteiger partial charge in [0.1, 0.15) is 11.9 Å².